The van der Waals surface area contributed by atoms with E-state index in [1.54, 1.807) is 31.2 Å². The molecule has 0 saturated carbocycles. The summed E-state index contributed by atoms with van der Waals surface area (Å²) >= 11 is 8.92. The van der Waals surface area contributed by atoms with Gasteiger partial charge in [0, 0.05) is 10.2 Å². The molecule has 3 rings (SSSR count). The number of halogens is 1. The summed E-state index contributed by atoms with van der Waals surface area (Å²) in [7, 11) is 0. The summed E-state index contributed by atoms with van der Waals surface area (Å²) in [6.07, 6.45) is 0. The number of nitrogens with one attached hydrogen (secondary N) is 2. The van der Waals surface area contributed by atoms with Gasteiger partial charge in [0.2, 0.25) is 0 Å². The van der Waals surface area contributed by atoms with Crippen molar-refractivity contribution in [1.82, 2.24) is 9.78 Å². The molecule has 2 N–H and O–H groups in total. The van der Waals surface area contributed by atoms with Gasteiger partial charge in [0.05, 0.1) is 35.8 Å². The Balaban J connectivity index is 1.66. The molecule has 0 fully saturated rings. The molecule has 3 aromatic rings. The van der Waals surface area contributed by atoms with E-state index in [1.165, 1.54) is 0 Å². The lowest BCUT2D eigenvalue weighted by atomic mass is 10.2. The molecule has 0 radical (unpaired) electrons. The number of aromatic nitrogens is 2. The maximum atomic E-state index is 11.8. The normalized spacial score (nSPS) is 10.5. The Morgan fingerprint density at radius 3 is 2.40 bits per heavy atom. The van der Waals surface area contributed by atoms with E-state index in [1.807, 2.05) is 30.7 Å². The monoisotopic (exact) mass is 486 g/mol. The fourth-order valence-electron chi connectivity index (χ4n) is 2.97. The average molecular weight is 487 g/mol. The van der Waals surface area contributed by atoms with E-state index in [0.29, 0.717) is 23.8 Å². The maximum Gasteiger partial charge on any atom is 0.338 e. The summed E-state index contributed by atoms with van der Waals surface area (Å²) in [6, 6.07) is 15.2. The van der Waals surface area contributed by atoms with Crippen LogP contribution in [0.3, 0.4) is 0 Å². The number of benzene rings is 2. The van der Waals surface area contributed by atoms with Crippen molar-refractivity contribution in [2.45, 2.75) is 27.3 Å². The molecule has 0 bridgehead atoms. The van der Waals surface area contributed by atoms with Crippen molar-refractivity contribution < 1.29 is 9.53 Å². The first-order chi connectivity index (χ1) is 14.4. The Morgan fingerprint density at radius 2 is 1.77 bits per heavy atom. The molecule has 0 atom stereocenters. The van der Waals surface area contributed by atoms with Crippen LogP contribution in [0.1, 0.15) is 34.2 Å². The van der Waals surface area contributed by atoms with Crippen molar-refractivity contribution in [3.05, 3.63) is 75.5 Å². The van der Waals surface area contributed by atoms with E-state index in [9.17, 15) is 4.79 Å². The Bertz CT molecular complexity index is 1050. The largest absolute Gasteiger partial charge is 0.462 e. The van der Waals surface area contributed by atoms with Crippen molar-refractivity contribution in [1.29, 1.82) is 0 Å². The number of thiocarbonyl (C=S) groups is 1. The summed E-state index contributed by atoms with van der Waals surface area (Å²) in [4.78, 5) is 11.8. The fraction of sp³-hybridized carbons (Fsp3) is 0.227. The number of esters is 1. The number of ether oxygens (including phenoxy) is 1. The predicted molar refractivity (Wildman–Crippen MR) is 127 cm³/mol. The van der Waals surface area contributed by atoms with Gasteiger partial charge in [-0.2, -0.15) is 5.10 Å². The SMILES string of the molecule is CCOC(=O)c1ccc(NC(=S)Nc2c(C)nn(Cc3ccc(Br)cc3)c2C)cc1. The molecular formula is C22H23BrN4O2S. The molecule has 0 spiro atoms. The Labute approximate surface area is 189 Å². The highest BCUT2D eigenvalue weighted by atomic mass is 79.9. The minimum absolute atomic E-state index is 0.339. The van der Waals surface area contributed by atoms with Gasteiger partial charge in [0.1, 0.15) is 0 Å². The highest BCUT2D eigenvalue weighted by Crippen LogP contribution is 2.22. The molecule has 0 amide bonds. The van der Waals surface area contributed by atoms with Gasteiger partial charge < -0.3 is 15.4 Å². The number of aryl methyl sites for hydroxylation is 1. The maximum absolute atomic E-state index is 11.8. The van der Waals surface area contributed by atoms with E-state index in [4.69, 9.17) is 17.0 Å². The molecule has 6 nitrogen and oxygen atoms in total. The molecule has 0 aliphatic rings. The molecule has 0 aliphatic heterocycles. The van der Waals surface area contributed by atoms with Gasteiger partial charge in [-0.25, -0.2) is 4.79 Å². The second-order valence-corrected chi connectivity index (χ2v) is 8.03. The first-order valence-electron chi connectivity index (χ1n) is 9.51. The zero-order chi connectivity index (χ0) is 21.7. The number of hydrogen-bond donors (Lipinski definition) is 2. The first-order valence-corrected chi connectivity index (χ1v) is 10.7. The lowest BCUT2D eigenvalue weighted by Gasteiger charge is -2.12. The van der Waals surface area contributed by atoms with Crippen molar-refractivity contribution in [2.75, 3.05) is 17.2 Å². The van der Waals surface area contributed by atoms with Gasteiger partial charge in [-0.1, -0.05) is 28.1 Å². The molecule has 2 aromatic carbocycles. The molecular weight excluding hydrogens is 464 g/mol. The molecule has 0 unspecified atom stereocenters. The van der Waals surface area contributed by atoms with Gasteiger partial charge in [0.25, 0.3) is 0 Å². The quantitative estimate of drug-likeness (QED) is 0.364. The molecule has 30 heavy (non-hydrogen) atoms. The van der Waals surface area contributed by atoms with Crippen molar-refractivity contribution in [2.24, 2.45) is 0 Å². The van der Waals surface area contributed by atoms with Crippen molar-refractivity contribution in [3.63, 3.8) is 0 Å². The zero-order valence-corrected chi connectivity index (χ0v) is 19.4. The van der Waals surface area contributed by atoms with E-state index < -0.39 is 0 Å². The average Bonchev–Trinajstić information content (AvgIpc) is 2.98. The van der Waals surface area contributed by atoms with Crippen LogP contribution in [-0.4, -0.2) is 27.5 Å². The number of anilines is 2. The Morgan fingerprint density at radius 1 is 1.10 bits per heavy atom. The highest BCUT2D eigenvalue weighted by Gasteiger charge is 2.13. The van der Waals surface area contributed by atoms with Crippen LogP contribution < -0.4 is 10.6 Å². The lowest BCUT2D eigenvalue weighted by molar-refractivity contribution is 0.0526. The third kappa shape index (κ3) is 5.46. The van der Waals surface area contributed by atoms with Gasteiger partial charge in [-0.15, -0.1) is 0 Å². The molecule has 8 heteroatoms. The van der Waals surface area contributed by atoms with Crippen molar-refractivity contribution in [3.8, 4) is 0 Å². The van der Waals surface area contributed by atoms with Gasteiger partial charge in [-0.05, 0) is 75.0 Å². The zero-order valence-electron chi connectivity index (χ0n) is 17.0. The summed E-state index contributed by atoms with van der Waals surface area (Å²) in [6.45, 7) is 6.77. The smallest absolute Gasteiger partial charge is 0.338 e. The van der Waals surface area contributed by atoms with E-state index >= 15 is 0 Å². The van der Waals surface area contributed by atoms with Crippen LogP contribution in [0.2, 0.25) is 0 Å². The second kappa shape index (κ2) is 9.86. The molecule has 1 aromatic heterocycles. The number of carbonyl (C=O) groups is 1. The van der Waals surface area contributed by atoms with Crippen LogP contribution in [0.5, 0.6) is 0 Å². The summed E-state index contributed by atoms with van der Waals surface area (Å²) < 4.78 is 8.00. The highest BCUT2D eigenvalue weighted by molar-refractivity contribution is 9.10. The minimum atomic E-state index is -0.339. The summed E-state index contributed by atoms with van der Waals surface area (Å²) in [5.41, 5.74) is 5.19. The lowest BCUT2D eigenvalue weighted by Crippen LogP contribution is -2.20. The molecule has 1 heterocycles. The minimum Gasteiger partial charge on any atom is -0.462 e. The Hall–Kier alpha value is -2.71. The van der Waals surface area contributed by atoms with Gasteiger partial charge in [0.15, 0.2) is 5.11 Å². The van der Waals surface area contributed by atoms with Crippen LogP contribution in [0.4, 0.5) is 11.4 Å². The predicted octanol–water partition coefficient (Wildman–Crippen LogP) is 5.30. The van der Waals surface area contributed by atoms with E-state index in [-0.39, 0.29) is 5.97 Å². The molecule has 0 saturated heterocycles. The van der Waals surface area contributed by atoms with Crippen LogP contribution in [0.15, 0.2) is 53.0 Å². The number of hydrogen-bond acceptors (Lipinski definition) is 4. The van der Waals surface area contributed by atoms with Gasteiger partial charge >= 0.3 is 5.97 Å². The molecule has 156 valence electrons. The third-order valence-corrected chi connectivity index (χ3v) is 5.25. The van der Waals surface area contributed by atoms with Crippen LogP contribution in [-0.2, 0) is 11.3 Å². The number of carbonyl (C=O) groups excluding carboxylic acids is 1. The van der Waals surface area contributed by atoms with Crippen molar-refractivity contribution >= 4 is 50.6 Å². The van der Waals surface area contributed by atoms with E-state index in [2.05, 4.69) is 43.8 Å². The van der Waals surface area contributed by atoms with Crippen LogP contribution >= 0.6 is 28.1 Å². The third-order valence-electron chi connectivity index (χ3n) is 4.52. The summed E-state index contributed by atoms with van der Waals surface area (Å²) in [5.74, 6) is -0.339. The summed E-state index contributed by atoms with van der Waals surface area (Å²) in [5, 5.41) is 11.5. The fourth-order valence-corrected chi connectivity index (χ4v) is 3.46. The topological polar surface area (TPSA) is 68.2 Å². The van der Waals surface area contributed by atoms with Crippen LogP contribution in [0.25, 0.3) is 0 Å². The number of rotatable bonds is 6. The van der Waals surface area contributed by atoms with Gasteiger partial charge in [-0.3, -0.25) is 4.68 Å². The van der Waals surface area contributed by atoms with E-state index in [0.717, 1.165) is 32.8 Å². The molecule has 0 aliphatic carbocycles. The number of nitrogens with zero attached hydrogens (tertiary/aromatic N) is 2. The standard InChI is InChI=1S/C22H23BrN4O2S/c1-4-29-21(28)17-7-11-19(12-8-17)24-22(30)25-20-14(2)26-27(15(20)3)13-16-5-9-18(23)10-6-16/h5-12H,4,13H2,1-3H3,(H2,24,25,30). The second-order valence-electron chi connectivity index (χ2n) is 6.71. The first kappa shape index (κ1) is 22.0. The van der Waals surface area contributed by atoms with Crippen LogP contribution in [0, 0.1) is 13.8 Å². The Kier molecular flexibility index (Phi) is 7.23.